The van der Waals surface area contributed by atoms with Gasteiger partial charge in [-0.1, -0.05) is 30.3 Å². The molecule has 1 N–H and O–H groups in total. The fourth-order valence-corrected chi connectivity index (χ4v) is 2.84. The topological polar surface area (TPSA) is 42.0 Å². The Bertz CT molecular complexity index is 842. The maximum atomic E-state index is 12.5. The summed E-state index contributed by atoms with van der Waals surface area (Å²) in [6.45, 7) is 0. The number of anilines is 1. The van der Waals surface area contributed by atoms with Crippen molar-refractivity contribution in [3.8, 4) is 10.6 Å². The Hall–Kier alpha value is -2.67. The lowest BCUT2D eigenvalue weighted by molar-refractivity contribution is -0.137. The molecule has 0 aliphatic rings. The number of benzene rings is 2. The van der Waals surface area contributed by atoms with Crippen LogP contribution < -0.4 is 5.32 Å². The van der Waals surface area contributed by atoms with Gasteiger partial charge >= 0.3 is 6.18 Å². The smallest absolute Gasteiger partial charge is 0.321 e. The van der Waals surface area contributed by atoms with E-state index in [1.165, 1.54) is 23.5 Å². The lowest BCUT2D eigenvalue weighted by Gasteiger charge is -2.08. The van der Waals surface area contributed by atoms with Gasteiger partial charge in [0, 0.05) is 16.6 Å². The van der Waals surface area contributed by atoms with Crippen molar-refractivity contribution in [3.05, 3.63) is 71.2 Å². The highest BCUT2D eigenvalue weighted by atomic mass is 32.1. The number of nitrogens with zero attached hydrogens (tertiary/aromatic N) is 1. The molecule has 0 saturated heterocycles. The molecule has 1 heterocycles. The van der Waals surface area contributed by atoms with Gasteiger partial charge in [-0.3, -0.25) is 4.79 Å². The number of carbonyl (C=O) groups is 1. The van der Waals surface area contributed by atoms with Crippen LogP contribution in [0, 0.1) is 0 Å². The van der Waals surface area contributed by atoms with Crippen LogP contribution in [0.15, 0.2) is 60.0 Å². The van der Waals surface area contributed by atoms with Crippen LogP contribution in [-0.4, -0.2) is 10.9 Å². The molecule has 3 nitrogen and oxygen atoms in total. The first-order valence-electron chi connectivity index (χ1n) is 6.93. The predicted molar refractivity (Wildman–Crippen MR) is 86.9 cm³/mol. The average Bonchev–Trinajstić information content (AvgIpc) is 3.05. The van der Waals surface area contributed by atoms with E-state index in [-0.39, 0.29) is 11.4 Å². The van der Waals surface area contributed by atoms with Crippen LogP contribution in [0.1, 0.15) is 16.1 Å². The summed E-state index contributed by atoms with van der Waals surface area (Å²) in [5.41, 5.74) is 0.637. The van der Waals surface area contributed by atoms with Crippen molar-refractivity contribution in [2.45, 2.75) is 6.18 Å². The fourth-order valence-electron chi connectivity index (χ4n) is 2.03. The second kappa shape index (κ2) is 6.45. The van der Waals surface area contributed by atoms with Crippen molar-refractivity contribution in [1.82, 2.24) is 4.98 Å². The van der Waals surface area contributed by atoms with Crippen molar-refractivity contribution in [1.29, 1.82) is 0 Å². The van der Waals surface area contributed by atoms with Crippen molar-refractivity contribution in [2.24, 2.45) is 0 Å². The summed E-state index contributed by atoms with van der Waals surface area (Å²) in [6, 6.07) is 13.7. The molecule has 24 heavy (non-hydrogen) atoms. The van der Waals surface area contributed by atoms with Crippen LogP contribution in [0.3, 0.4) is 0 Å². The normalized spacial score (nSPS) is 11.3. The molecule has 0 saturated carbocycles. The van der Waals surface area contributed by atoms with Crippen LogP contribution in [0.4, 0.5) is 18.9 Å². The molecule has 1 aromatic heterocycles. The van der Waals surface area contributed by atoms with Gasteiger partial charge in [0.2, 0.25) is 0 Å². The minimum atomic E-state index is -4.40. The molecule has 0 aliphatic heterocycles. The van der Waals surface area contributed by atoms with Crippen LogP contribution in [0.5, 0.6) is 0 Å². The van der Waals surface area contributed by atoms with Gasteiger partial charge in [-0.25, -0.2) is 4.98 Å². The molecule has 3 aromatic rings. The Morgan fingerprint density at radius 1 is 1.00 bits per heavy atom. The van der Waals surface area contributed by atoms with E-state index in [1.807, 2.05) is 30.3 Å². The number of aromatic nitrogens is 1. The van der Waals surface area contributed by atoms with E-state index in [1.54, 1.807) is 5.38 Å². The van der Waals surface area contributed by atoms with E-state index in [4.69, 9.17) is 0 Å². The molecular weight excluding hydrogens is 337 g/mol. The Morgan fingerprint density at radius 3 is 2.29 bits per heavy atom. The highest BCUT2D eigenvalue weighted by molar-refractivity contribution is 7.13. The van der Waals surface area contributed by atoms with Gasteiger partial charge in [-0.2, -0.15) is 13.2 Å². The molecule has 7 heteroatoms. The Labute approximate surface area is 139 Å². The first kappa shape index (κ1) is 16.2. The zero-order chi connectivity index (χ0) is 17.2. The summed E-state index contributed by atoms with van der Waals surface area (Å²) < 4.78 is 37.5. The molecule has 0 radical (unpaired) electrons. The molecule has 3 rings (SSSR count). The molecule has 122 valence electrons. The van der Waals surface area contributed by atoms with Crippen LogP contribution in [-0.2, 0) is 6.18 Å². The first-order valence-corrected chi connectivity index (χ1v) is 7.81. The Morgan fingerprint density at radius 2 is 1.67 bits per heavy atom. The van der Waals surface area contributed by atoms with E-state index >= 15 is 0 Å². The minimum absolute atomic E-state index is 0.221. The molecule has 1 amide bonds. The summed E-state index contributed by atoms with van der Waals surface area (Å²) in [5.74, 6) is -0.465. The molecule has 0 unspecified atom stereocenters. The van der Waals surface area contributed by atoms with Gasteiger partial charge in [0.15, 0.2) is 0 Å². The molecule has 0 aliphatic carbocycles. The lowest BCUT2D eigenvalue weighted by atomic mass is 10.2. The maximum absolute atomic E-state index is 12.5. The number of rotatable bonds is 3. The number of alkyl halides is 3. The highest BCUT2D eigenvalue weighted by Crippen LogP contribution is 2.30. The summed E-state index contributed by atoms with van der Waals surface area (Å²) in [7, 11) is 0. The maximum Gasteiger partial charge on any atom is 0.416 e. The standard InChI is InChI=1S/C17H11F3N2OS/c18-17(19,20)12-6-8-13(9-7-12)21-15(23)14-10-24-16(22-14)11-4-2-1-3-5-11/h1-10H,(H,21,23). The number of halogens is 3. The zero-order valence-electron chi connectivity index (χ0n) is 12.2. The third kappa shape index (κ3) is 3.62. The van der Waals surface area contributed by atoms with Crippen molar-refractivity contribution in [2.75, 3.05) is 5.32 Å². The molecule has 0 fully saturated rings. The summed E-state index contributed by atoms with van der Waals surface area (Å²) in [5, 5.41) is 4.85. The largest absolute Gasteiger partial charge is 0.416 e. The zero-order valence-corrected chi connectivity index (χ0v) is 13.0. The molecule has 0 spiro atoms. The Kier molecular flexibility index (Phi) is 4.35. The van der Waals surface area contributed by atoms with E-state index in [2.05, 4.69) is 10.3 Å². The first-order chi connectivity index (χ1) is 11.4. The Balaban J connectivity index is 1.73. The summed E-state index contributed by atoms with van der Waals surface area (Å²) >= 11 is 1.33. The van der Waals surface area contributed by atoms with Crippen molar-refractivity contribution < 1.29 is 18.0 Å². The number of nitrogens with one attached hydrogen (secondary N) is 1. The van der Waals surface area contributed by atoms with Gasteiger partial charge in [-0.15, -0.1) is 11.3 Å². The van der Waals surface area contributed by atoms with Crippen LogP contribution in [0.2, 0.25) is 0 Å². The summed E-state index contributed by atoms with van der Waals surface area (Å²) in [4.78, 5) is 16.4. The SMILES string of the molecule is O=C(Nc1ccc(C(F)(F)F)cc1)c1csc(-c2ccccc2)n1. The summed E-state index contributed by atoms with van der Waals surface area (Å²) in [6.07, 6.45) is -4.40. The number of hydrogen-bond acceptors (Lipinski definition) is 3. The van der Waals surface area contributed by atoms with E-state index in [0.29, 0.717) is 5.01 Å². The third-order valence-corrected chi connectivity index (χ3v) is 4.12. The fraction of sp³-hybridized carbons (Fsp3) is 0.0588. The van der Waals surface area contributed by atoms with Gasteiger partial charge in [0.25, 0.3) is 5.91 Å². The molecular formula is C17H11F3N2OS. The number of amides is 1. The van der Waals surface area contributed by atoms with E-state index in [9.17, 15) is 18.0 Å². The van der Waals surface area contributed by atoms with Crippen LogP contribution in [0.25, 0.3) is 10.6 Å². The quantitative estimate of drug-likeness (QED) is 0.717. The van der Waals surface area contributed by atoms with Gasteiger partial charge < -0.3 is 5.32 Å². The molecule has 0 bridgehead atoms. The predicted octanol–water partition coefficient (Wildman–Crippen LogP) is 5.08. The van der Waals surface area contributed by atoms with Crippen molar-refractivity contribution >= 4 is 22.9 Å². The average molecular weight is 348 g/mol. The van der Waals surface area contributed by atoms with Crippen molar-refractivity contribution in [3.63, 3.8) is 0 Å². The lowest BCUT2D eigenvalue weighted by Crippen LogP contribution is -2.12. The monoisotopic (exact) mass is 348 g/mol. The number of thiazole rings is 1. The number of carbonyl (C=O) groups excluding carboxylic acids is 1. The van der Waals surface area contributed by atoms with Gasteiger partial charge in [-0.05, 0) is 24.3 Å². The van der Waals surface area contributed by atoms with Crippen LogP contribution >= 0.6 is 11.3 Å². The molecule has 2 aromatic carbocycles. The van der Waals surface area contributed by atoms with Gasteiger partial charge in [0.05, 0.1) is 5.56 Å². The molecule has 0 atom stereocenters. The number of hydrogen-bond donors (Lipinski definition) is 1. The second-order valence-electron chi connectivity index (χ2n) is 4.93. The minimum Gasteiger partial charge on any atom is -0.321 e. The van der Waals surface area contributed by atoms with E-state index < -0.39 is 17.6 Å². The van der Waals surface area contributed by atoms with Gasteiger partial charge in [0.1, 0.15) is 10.7 Å². The third-order valence-electron chi connectivity index (χ3n) is 3.23. The van der Waals surface area contributed by atoms with E-state index in [0.717, 1.165) is 17.7 Å². The highest BCUT2D eigenvalue weighted by Gasteiger charge is 2.30. The second-order valence-corrected chi connectivity index (χ2v) is 5.79.